The van der Waals surface area contributed by atoms with Gasteiger partial charge >= 0.3 is 6.18 Å². The average molecular weight is 280 g/mol. The number of aliphatic hydroxyl groups is 1. The molecule has 1 aliphatic carbocycles. The van der Waals surface area contributed by atoms with Crippen LogP contribution in [0.3, 0.4) is 0 Å². The molecule has 0 amide bonds. The van der Waals surface area contributed by atoms with Gasteiger partial charge in [0.25, 0.3) is 0 Å². The van der Waals surface area contributed by atoms with Crippen LogP contribution < -0.4 is 5.73 Å². The van der Waals surface area contributed by atoms with Crippen LogP contribution in [0.5, 0.6) is 0 Å². The molecular weight excluding hydrogens is 267 g/mol. The third-order valence-corrected chi connectivity index (χ3v) is 3.59. The lowest BCUT2D eigenvalue weighted by atomic mass is 9.97. The minimum absolute atomic E-state index is 0.0746. The zero-order chi connectivity index (χ0) is 13.5. The Kier molecular flexibility index (Phi) is 3.58. The monoisotopic (exact) mass is 279 g/mol. The molecule has 0 aliphatic heterocycles. The Bertz CT molecular complexity index is 445. The molecule has 2 atom stereocenters. The molecule has 3 N–H and O–H groups in total. The van der Waals surface area contributed by atoms with Crippen LogP contribution in [-0.4, -0.2) is 11.2 Å². The first-order valence-electron chi connectivity index (χ1n) is 5.61. The molecule has 0 radical (unpaired) electrons. The number of rotatable bonds is 3. The summed E-state index contributed by atoms with van der Waals surface area (Å²) < 4.78 is 38.0. The van der Waals surface area contributed by atoms with Crippen LogP contribution in [-0.2, 0) is 6.18 Å². The van der Waals surface area contributed by atoms with E-state index >= 15 is 0 Å². The third-order valence-electron chi connectivity index (χ3n) is 3.17. The Labute approximate surface area is 108 Å². The maximum Gasteiger partial charge on any atom is 0.417 e. The first-order chi connectivity index (χ1) is 8.32. The summed E-state index contributed by atoms with van der Waals surface area (Å²) in [7, 11) is 0. The van der Waals surface area contributed by atoms with Gasteiger partial charge in [0.15, 0.2) is 0 Å². The molecule has 2 nitrogen and oxygen atoms in total. The summed E-state index contributed by atoms with van der Waals surface area (Å²) in [5.41, 5.74) is 5.02. The van der Waals surface area contributed by atoms with Gasteiger partial charge in [-0.15, -0.1) is 0 Å². The predicted molar refractivity (Wildman–Crippen MR) is 62.1 cm³/mol. The van der Waals surface area contributed by atoms with Crippen molar-refractivity contribution in [2.75, 3.05) is 0 Å². The van der Waals surface area contributed by atoms with Gasteiger partial charge in [-0.25, -0.2) is 0 Å². The second kappa shape index (κ2) is 4.72. The van der Waals surface area contributed by atoms with Gasteiger partial charge in [0.1, 0.15) is 0 Å². The van der Waals surface area contributed by atoms with E-state index in [4.69, 9.17) is 17.3 Å². The highest BCUT2D eigenvalue weighted by atomic mass is 35.5. The van der Waals surface area contributed by atoms with Crippen LogP contribution in [0, 0.1) is 5.92 Å². The largest absolute Gasteiger partial charge is 0.417 e. The fourth-order valence-corrected chi connectivity index (χ4v) is 2.30. The standard InChI is InChI=1S/C12H13ClF3NO/c13-9-7(10(17)11(18)6-4-5-6)2-1-3-8(9)12(14,15)16/h1-3,6,10-11,18H,4-5,17H2/t10-,11+/m1/s1. The van der Waals surface area contributed by atoms with E-state index in [1.54, 1.807) is 0 Å². The smallest absolute Gasteiger partial charge is 0.391 e. The van der Waals surface area contributed by atoms with Crippen molar-refractivity contribution >= 4 is 11.6 Å². The Balaban J connectivity index is 2.33. The van der Waals surface area contributed by atoms with Crippen LogP contribution in [0.2, 0.25) is 5.02 Å². The zero-order valence-corrected chi connectivity index (χ0v) is 10.2. The molecule has 0 heterocycles. The molecule has 1 saturated carbocycles. The molecule has 2 rings (SSSR count). The lowest BCUT2D eigenvalue weighted by Crippen LogP contribution is -2.28. The quantitative estimate of drug-likeness (QED) is 0.893. The fourth-order valence-electron chi connectivity index (χ4n) is 1.94. The van der Waals surface area contributed by atoms with Crippen molar-refractivity contribution in [1.82, 2.24) is 0 Å². The van der Waals surface area contributed by atoms with Crippen LogP contribution in [0.4, 0.5) is 13.2 Å². The Morgan fingerprint density at radius 1 is 1.33 bits per heavy atom. The molecule has 1 aromatic carbocycles. The summed E-state index contributed by atoms with van der Waals surface area (Å²) >= 11 is 5.75. The van der Waals surface area contributed by atoms with Crippen molar-refractivity contribution in [3.63, 3.8) is 0 Å². The van der Waals surface area contributed by atoms with Gasteiger partial charge in [-0.3, -0.25) is 0 Å². The first-order valence-corrected chi connectivity index (χ1v) is 5.99. The molecule has 0 unspecified atom stereocenters. The van der Waals surface area contributed by atoms with Gasteiger partial charge in [0.2, 0.25) is 0 Å². The number of hydrogen-bond donors (Lipinski definition) is 2. The first kappa shape index (κ1) is 13.6. The summed E-state index contributed by atoms with van der Waals surface area (Å²) in [5, 5.41) is 9.44. The van der Waals surface area contributed by atoms with Crippen molar-refractivity contribution in [3.05, 3.63) is 34.3 Å². The number of alkyl halides is 3. The van der Waals surface area contributed by atoms with Gasteiger partial charge in [0.05, 0.1) is 22.7 Å². The maximum atomic E-state index is 12.7. The Hall–Kier alpha value is -0.780. The molecule has 100 valence electrons. The van der Waals surface area contributed by atoms with Crippen molar-refractivity contribution in [1.29, 1.82) is 0 Å². The molecule has 6 heteroatoms. The van der Waals surface area contributed by atoms with E-state index in [2.05, 4.69) is 0 Å². The van der Waals surface area contributed by atoms with Crippen LogP contribution >= 0.6 is 11.6 Å². The van der Waals surface area contributed by atoms with E-state index < -0.39 is 28.9 Å². The third kappa shape index (κ3) is 2.63. The van der Waals surface area contributed by atoms with Gasteiger partial charge in [-0.2, -0.15) is 13.2 Å². The lowest BCUT2D eigenvalue weighted by Gasteiger charge is -2.21. The molecule has 0 aromatic heterocycles. The van der Waals surface area contributed by atoms with Crippen LogP contribution in [0.15, 0.2) is 18.2 Å². The fraction of sp³-hybridized carbons (Fsp3) is 0.500. The molecule has 0 spiro atoms. The van der Waals surface area contributed by atoms with E-state index in [1.165, 1.54) is 12.1 Å². The van der Waals surface area contributed by atoms with E-state index in [1.807, 2.05) is 0 Å². The van der Waals surface area contributed by atoms with Gasteiger partial charge < -0.3 is 10.8 Å². The number of benzene rings is 1. The van der Waals surface area contributed by atoms with Gasteiger partial charge in [-0.1, -0.05) is 23.7 Å². The second-order valence-electron chi connectivity index (χ2n) is 4.56. The summed E-state index contributed by atoms with van der Waals surface area (Å²) in [4.78, 5) is 0. The van der Waals surface area contributed by atoms with Crippen LogP contribution in [0.25, 0.3) is 0 Å². The summed E-state index contributed by atoms with van der Waals surface area (Å²) in [5.74, 6) is 0.0746. The molecular formula is C12H13ClF3NO. The van der Waals surface area contributed by atoms with Gasteiger partial charge in [-0.05, 0) is 30.4 Å². The minimum atomic E-state index is -4.52. The second-order valence-corrected chi connectivity index (χ2v) is 4.94. The molecule has 1 aromatic rings. The normalized spacial score (nSPS) is 19.7. The predicted octanol–water partition coefficient (Wildman–Crippen LogP) is 3.13. The molecule has 0 saturated heterocycles. The van der Waals surface area contributed by atoms with E-state index in [0.717, 1.165) is 18.9 Å². The van der Waals surface area contributed by atoms with Crippen molar-refractivity contribution < 1.29 is 18.3 Å². The number of halogens is 4. The average Bonchev–Trinajstić information content (AvgIpc) is 3.09. The molecule has 1 aliphatic rings. The van der Waals surface area contributed by atoms with E-state index in [9.17, 15) is 18.3 Å². The van der Waals surface area contributed by atoms with E-state index in [-0.39, 0.29) is 11.5 Å². The molecule has 1 fully saturated rings. The Morgan fingerprint density at radius 3 is 2.44 bits per heavy atom. The Morgan fingerprint density at radius 2 is 1.94 bits per heavy atom. The highest BCUT2D eigenvalue weighted by Gasteiger charge is 2.38. The maximum absolute atomic E-state index is 12.7. The van der Waals surface area contributed by atoms with Gasteiger partial charge in [0, 0.05) is 0 Å². The van der Waals surface area contributed by atoms with Crippen molar-refractivity contribution in [3.8, 4) is 0 Å². The molecule has 0 bridgehead atoms. The lowest BCUT2D eigenvalue weighted by molar-refractivity contribution is -0.137. The number of hydrogen-bond acceptors (Lipinski definition) is 2. The minimum Gasteiger partial charge on any atom is -0.391 e. The SMILES string of the molecule is N[C@H](c1cccc(C(F)(F)F)c1Cl)[C@@H](O)C1CC1. The van der Waals surface area contributed by atoms with Crippen molar-refractivity contribution in [2.45, 2.75) is 31.2 Å². The molecule has 18 heavy (non-hydrogen) atoms. The highest BCUT2D eigenvalue weighted by Crippen LogP contribution is 2.41. The van der Waals surface area contributed by atoms with E-state index in [0.29, 0.717) is 0 Å². The summed E-state index contributed by atoms with van der Waals surface area (Å²) in [6.45, 7) is 0. The number of aliphatic hydroxyl groups excluding tert-OH is 1. The summed E-state index contributed by atoms with van der Waals surface area (Å²) in [6, 6.07) is 2.70. The summed E-state index contributed by atoms with van der Waals surface area (Å²) in [6.07, 6.45) is -3.65. The topological polar surface area (TPSA) is 46.2 Å². The zero-order valence-electron chi connectivity index (χ0n) is 9.41. The van der Waals surface area contributed by atoms with Crippen molar-refractivity contribution in [2.24, 2.45) is 11.7 Å². The number of nitrogens with two attached hydrogens (primary N) is 1. The highest BCUT2D eigenvalue weighted by molar-refractivity contribution is 6.32. The van der Waals surface area contributed by atoms with Crippen LogP contribution in [0.1, 0.15) is 30.0 Å².